The lowest BCUT2D eigenvalue weighted by molar-refractivity contribution is 0.0430. The van der Waals surface area contributed by atoms with Crippen LogP contribution in [0.3, 0.4) is 0 Å². The van der Waals surface area contributed by atoms with E-state index in [0.717, 1.165) is 105 Å². The van der Waals surface area contributed by atoms with E-state index >= 15 is 0 Å². The van der Waals surface area contributed by atoms with E-state index < -0.39 is 48.6 Å². The van der Waals surface area contributed by atoms with Crippen LogP contribution < -0.4 is 38.7 Å². The Morgan fingerprint density at radius 2 is 0.463 bits per heavy atom. The highest BCUT2D eigenvalue weighted by molar-refractivity contribution is 7.95. The van der Waals surface area contributed by atoms with Crippen LogP contribution in [0.4, 0.5) is 58.2 Å². The van der Waals surface area contributed by atoms with Crippen molar-refractivity contribution in [1.82, 2.24) is 74.8 Å². The molecule has 42 nitrogen and oxygen atoms in total. The van der Waals surface area contributed by atoms with E-state index in [1.165, 1.54) is 0 Å². The number of ether oxygens (including phenoxy) is 12. The minimum Gasteiger partial charge on any atom is -0.481 e. The first-order chi connectivity index (χ1) is 70.2. The summed E-state index contributed by atoms with van der Waals surface area (Å²) in [6.07, 6.45) is 10.3. The summed E-state index contributed by atoms with van der Waals surface area (Å²) in [4.78, 5) is 79.3. The molecule has 1 aliphatic carbocycles. The van der Waals surface area contributed by atoms with Gasteiger partial charge >= 0.3 is 0 Å². The van der Waals surface area contributed by atoms with Crippen molar-refractivity contribution in [2.45, 2.75) is 139 Å². The molecule has 20 rings (SSSR count). The van der Waals surface area contributed by atoms with Crippen LogP contribution in [0.25, 0.3) is 56.9 Å². The van der Waals surface area contributed by atoms with Gasteiger partial charge in [0.15, 0.2) is 58.2 Å². The first-order valence-corrected chi connectivity index (χ1v) is 59.3. The average molecular weight is 2160 g/mol. The Morgan fingerprint density at radius 1 is 0.265 bits per heavy atom. The van der Waals surface area contributed by atoms with Crippen LogP contribution in [0.5, 0.6) is 17.6 Å². The van der Waals surface area contributed by atoms with Gasteiger partial charge in [-0.25, -0.2) is 95.8 Å². The quantitative estimate of drug-likeness (QED) is 0.0537. The van der Waals surface area contributed by atoms with E-state index in [4.69, 9.17) is 105 Å². The molecular formula is C98H129Cl2N25O17S5. The van der Waals surface area contributed by atoms with E-state index in [0.29, 0.717) is 231 Å². The van der Waals surface area contributed by atoms with Gasteiger partial charge in [0.05, 0.1) is 240 Å². The molecule has 0 radical (unpaired) electrons. The number of nitrogens with zero attached hydrogens (tertiary/aromatic N) is 25. The maximum atomic E-state index is 13.1. The van der Waals surface area contributed by atoms with Gasteiger partial charge in [-0.05, 0) is 125 Å². The maximum Gasteiger partial charge on any atom is 0.213 e. The standard InChI is InChI=1S/3C20H27N5O4S.C19H24ClN5O3S.C19H24ClN5O2S/c3*1-13-7-15(8-19(21-13)27-3)20-22-17(24-30(4,26)16-11-29-12-16)9-18(23-20)25-5-6-28-10-14(25)2;1-12-6-14(7-16(20)21-12)19-22-17(24-29(3,26)15-10-28-11-15)8-18(23-19)25-4-5-27-9-13(25)2;1-12-8-14(9-16(20)21-12)19-22-17(24-28(3,26)15-4-5-15)10-18(23-19)25-6-7-27-11-13(25)2/h3*7-9,14,16H,5-6,10-12H2,1-4H3;6-8,13,15H,4-5,9-11H2,1-3H3;8-10,13,15H,4-7,11H2,1-3H3/t14-,30+;2*14-,30-;13-,29-;13-,28-/m11111/s1. The van der Waals surface area contributed by atoms with Crippen molar-refractivity contribution in [3.63, 3.8) is 0 Å². The second-order valence-electron chi connectivity index (χ2n) is 38.0. The van der Waals surface area contributed by atoms with Crippen molar-refractivity contribution in [2.24, 2.45) is 21.8 Å². The molecule has 0 N–H and O–H groups in total. The Bertz CT molecular complexity index is 6690. The van der Waals surface area contributed by atoms with Gasteiger partial charge in [-0.3, -0.25) is 0 Å². The molecular weight excluding hydrogens is 2030 g/mol. The Morgan fingerprint density at radius 3 is 0.639 bits per heavy atom. The lowest BCUT2D eigenvalue weighted by atomic mass is 10.2. The lowest BCUT2D eigenvalue weighted by Crippen LogP contribution is -2.44. The first-order valence-electron chi connectivity index (χ1n) is 48.6. The van der Waals surface area contributed by atoms with Crippen molar-refractivity contribution >= 4 is 130 Å². The second kappa shape index (κ2) is 47.8. The minimum atomic E-state index is -2.48. The molecule has 10 fully saturated rings. The van der Waals surface area contributed by atoms with Crippen molar-refractivity contribution < 1.29 is 77.9 Å². The zero-order valence-electron chi connectivity index (χ0n) is 86.0. The van der Waals surface area contributed by atoms with E-state index in [2.05, 4.69) is 131 Å². The van der Waals surface area contributed by atoms with Crippen molar-refractivity contribution in [2.75, 3.05) is 229 Å². The van der Waals surface area contributed by atoms with Crippen molar-refractivity contribution in [1.29, 1.82) is 0 Å². The smallest absolute Gasteiger partial charge is 0.213 e. The predicted molar refractivity (Wildman–Crippen MR) is 570 cm³/mol. The number of pyridine rings is 5. The number of aromatic nitrogens is 15. The Kier molecular flexibility index (Phi) is 35.5. The highest BCUT2D eigenvalue weighted by Gasteiger charge is 2.37. The zero-order chi connectivity index (χ0) is 104. The number of methoxy groups -OCH3 is 3. The number of hydrogen-bond acceptors (Lipinski definition) is 42. The highest BCUT2D eigenvalue weighted by atomic mass is 35.5. The molecule has 0 bridgehead atoms. The van der Waals surface area contributed by atoms with Gasteiger partial charge in [0.1, 0.15) is 39.4 Å². The summed E-state index contributed by atoms with van der Waals surface area (Å²) in [6, 6.07) is 28.2. The third kappa shape index (κ3) is 28.2. The van der Waals surface area contributed by atoms with E-state index in [1.807, 2.05) is 71.0 Å². The first kappa shape index (κ1) is 109. The van der Waals surface area contributed by atoms with Gasteiger partial charge in [0, 0.05) is 174 Å². The fraction of sp³-hybridized carbons (Fsp3) is 0.541. The highest BCUT2D eigenvalue weighted by Crippen LogP contribution is 2.39. The van der Waals surface area contributed by atoms with Gasteiger partial charge in [-0.1, -0.05) is 23.2 Å². The Balaban J connectivity index is 0.000000131. The van der Waals surface area contributed by atoms with E-state index in [1.54, 1.807) is 107 Å². The summed E-state index contributed by atoms with van der Waals surface area (Å²) in [5.74, 6) is 9.70. The molecule has 9 aliphatic heterocycles. The lowest BCUT2D eigenvalue weighted by Gasteiger charge is -2.34. The minimum absolute atomic E-state index is 0.0788. The Hall–Kier alpha value is -10.5. The van der Waals surface area contributed by atoms with Crippen LogP contribution >= 0.6 is 23.2 Å². The van der Waals surface area contributed by atoms with Crippen LogP contribution in [-0.4, -0.2) is 357 Å². The average Bonchev–Trinajstić information content (AvgIpc) is 1.78. The number of aryl methyl sites for hydroxylation is 5. The molecule has 147 heavy (non-hydrogen) atoms. The molecule has 0 spiro atoms. The topological polar surface area (TPSA) is 467 Å². The van der Waals surface area contributed by atoms with Crippen molar-refractivity contribution in [3.8, 4) is 74.6 Å². The number of halogens is 2. The van der Waals surface area contributed by atoms with E-state index in [-0.39, 0.29) is 56.5 Å². The summed E-state index contributed by atoms with van der Waals surface area (Å²) in [7, 11) is -7.50. The van der Waals surface area contributed by atoms with Crippen molar-refractivity contribution in [3.05, 3.63) is 130 Å². The molecule has 792 valence electrons. The largest absolute Gasteiger partial charge is 0.481 e. The summed E-state index contributed by atoms with van der Waals surface area (Å²) >= 11 is 12.3. The zero-order valence-corrected chi connectivity index (χ0v) is 91.6. The van der Waals surface area contributed by atoms with Gasteiger partial charge in [0.25, 0.3) is 0 Å². The normalized spacial score (nSPS) is 21.8. The number of hydrogen-bond donors (Lipinski definition) is 0. The summed E-state index contributed by atoms with van der Waals surface area (Å²) in [6.45, 7) is 33.4. The molecule has 0 unspecified atom stereocenters. The summed E-state index contributed by atoms with van der Waals surface area (Å²) in [5.41, 5.74) is 7.77. The maximum absolute atomic E-state index is 13.1. The number of rotatable bonds is 23. The Labute approximate surface area is 870 Å². The SMILES string of the molecule is COc1cc(-c2nc(N=[S@@](C)(=O)C3COC3)cc(N3CCOC[C@H]3C)n2)cc(C)n1.COc1cc(-c2nc(N=[S@](C)(=O)C3COC3)cc(N3CCOC[C@H]3C)n2)cc(C)n1.COc1cc(-c2nc(N=[S@](C)(=O)C3COC3)cc(N3CCOC[C@H]3C)n2)cc(C)n1.Cc1cc(-c2nc(N=[S@](C)(=O)C3CC3)cc(N3CCOC[C@H]3C)n2)cc(Cl)n1.Cc1cc(-c2nc(N=[S@](C)(=O)C3COC3)cc(N3CCOC[C@H]3C)n2)cc(Cl)n1. The second-order valence-corrected chi connectivity index (χ2v) is 51.6. The number of morpholine rings is 5. The molecule has 10 aliphatic rings. The number of anilines is 5. The molecule has 19 heterocycles. The van der Waals surface area contributed by atoms with Gasteiger partial charge in [-0.15, -0.1) is 0 Å². The third-order valence-corrected chi connectivity index (χ3v) is 36.7. The van der Waals surface area contributed by atoms with Crippen LogP contribution in [0.2, 0.25) is 10.3 Å². The van der Waals surface area contributed by atoms with Gasteiger partial charge < -0.3 is 81.3 Å². The molecule has 0 aromatic carbocycles. The summed E-state index contributed by atoms with van der Waals surface area (Å²) in [5, 5.41) is 0.607. The third-order valence-electron chi connectivity index (χ3n) is 25.8. The molecule has 1 saturated carbocycles. The fourth-order valence-corrected chi connectivity index (χ4v) is 24.2. The van der Waals surface area contributed by atoms with Crippen LogP contribution in [0.1, 0.15) is 75.9 Å². The molecule has 10 aromatic rings. The predicted octanol–water partition coefficient (Wildman–Crippen LogP) is 13.1. The molecule has 49 heteroatoms. The molecule has 10 aromatic heterocycles. The van der Waals surface area contributed by atoms with Crippen LogP contribution in [-0.2, 0) is 91.3 Å². The monoisotopic (exact) mass is 2160 g/mol. The molecule has 10 atom stereocenters. The van der Waals surface area contributed by atoms with Gasteiger partial charge in [-0.2, -0.15) is 21.8 Å². The molecule has 0 amide bonds. The van der Waals surface area contributed by atoms with Crippen LogP contribution in [0, 0.1) is 34.6 Å². The van der Waals surface area contributed by atoms with Gasteiger partial charge in [0.2, 0.25) is 17.6 Å². The van der Waals surface area contributed by atoms with E-state index in [9.17, 15) is 21.0 Å². The molecule has 9 saturated heterocycles. The van der Waals surface area contributed by atoms with Crippen LogP contribution in [0.15, 0.2) is 113 Å². The fourth-order valence-electron chi connectivity index (χ4n) is 16.9. The summed E-state index contributed by atoms with van der Waals surface area (Å²) < 4.78 is 153.